The van der Waals surface area contributed by atoms with E-state index >= 15 is 0 Å². The highest BCUT2D eigenvalue weighted by molar-refractivity contribution is 5.94. The maximum atomic E-state index is 12.8. The summed E-state index contributed by atoms with van der Waals surface area (Å²) >= 11 is 0. The second kappa shape index (κ2) is 9.09. The zero-order valence-corrected chi connectivity index (χ0v) is 16.8. The SMILES string of the molecule is CN(Cc1cnn(-c2ccccc2)c1)C(=O)c1ccc(OCc2ccccc2)cc1. The molecule has 0 aliphatic heterocycles. The average Bonchev–Trinajstić information content (AvgIpc) is 3.27. The van der Waals surface area contributed by atoms with E-state index in [1.807, 2.05) is 83.7 Å². The summed E-state index contributed by atoms with van der Waals surface area (Å²) in [4.78, 5) is 14.5. The molecule has 0 radical (unpaired) electrons. The topological polar surface area (TPSA) is 47.4 Å². The molecule has 5 heteroatoms. The first-order chi connectivity index (χ1) is 14.7. The number of hydrogen-bond acceptors (Lipinski definition) is 3. The third kappa shape index (κ3) is 4.75. The predicted molar refractivity (Wildman–Crippen MR) is 117 cm³/mol. The molecule has 1 heterocycles. The van der Waals surface area contributed by atoms with E-state index in [-0.39, 0.29) is 5.91 Å². The molecule has 150 valence electrons. The van der Waals surface area contributed by atoms with Crippen LogP contribution in [0.25, 0.3) is 5.69 Å². The van der Waals surface area contributed by atoms with Gasteiger partial charge >= 0.3 is 0 Å². The molecule has 0 aliphatic carbocycles. The Balaban J connectivity index is 1.35. The predicted octanol–water partition coefficient (Wildman–Crippen LogP) is 4.72. The molecule has 0 unspecified atom stereocenters. The van der Waals surface area contributed by atoms with E-state index in [0.717, 1.165) is 22.6 Å². The Kier molecular flexibility index (Phi) is 5.90. The summed E-state index contributed by atoms with van der Waals surface area (Å²) in [7, 11) is 1.79. The van der Waals surface area contributed by atoms with Crippen molar-refractivity contribution >= 4 is 5.91 Å². The van der Waals surface area contributed by atoms with Gasteiger partial charge in [-0.05, 0) is 42.0 Å². The normalized spacial score (nSPS) is 10.6. The molecule has 1 aromatic heterocycles. The van der Waals surface area contributed by atoms with E-state index in [2.05, 4.69) is 5.10 Å². The smallest absolute Gasteiger partial charge is 0.253 e. The van der Waals surface area contributed by atoms with Gasteiger partial charge in [-0.25, -0.2) is 4.68 Å². The fourth-order valence-electron chi connectivity index (χ4n) is 3.16. The Labute approximate surface area is 176 Å². The first-order valence-electron chi connectivity index (χ1n) is 9.80. The highest BCUT2D eigenvalue weighted by atomic mass is 16.5. The first kappa shape index (κ1) is 19.5. The minimum atomic E-state index is -0.0444. The molecule has 0 saturated heterocycles. The summed E-state index contributed by atoms with van der Waals surface area (Å²) in [5.74, 6) is 0.694. The van der Waals surface area contributed by atoms with Crippen LogP contribution in [0.2, 0.25) is 0 Å². The summed E-state index contributed by atoms with van der Waals surface area (Å²) in [5, 5.41) is 4.39. The van der Waals surface area contributed by atoms with Gasteiger partial charge in [-0.1, -0.05) is 48.5 Å². The second-order valence-electron chi connectivity index (χ2n) is 7.09. The molecule has 4 aromatic rings. The highest BCUT2D eigenvalue weighted by Crippen LogP contribution is 2.16. The lowest BCUT2D eigenvalue weighted by molar-refractivity contribution is 0.0785. The lowest BCUT2D eigenvalue weighted by Gasteiger charge is -2.16. The van der Waals surface area contributed by atoms with Gasteiger partial charge < -0.3 is 9.64 Å². The number of para-hydroxylation sites is 1. The molecule has 30 heavy (non-hydrogen) atoms. The minimum absolute atomic E-state index is 0.0444. The molecular formula is C25H23N3O2. The van der Waals surface area contributed by atoms with Crippen molar-refractivity contribution in [3.05, 3.63) is 114 Å². The van der Waals surface area contributed by atoms with Gasteiger partial charge in [0.15, 0.2) is 0 Å². The van der Waals surface area contributed by atoms with Gasteiger partial charge in [-0.2, -0.15) is 5.10 Å². The standard InChI is InChI=1S/C25H23N3O2/c1-27(17-21-16-26-28(18-21)23-10-6-3-7-11-23)25(29)22-12-14-24(15-13-22)30-19-20-8-4-2-5-9-20/h2-16,18H,17,19H2,1H3. The zero-order chi connectivity index (χ0) is 20.8. The van der Waals surface area contributed by atoms with Crippen molar-refractivity contribution in [2.24, 2.45) is 0 Å². The average molecular weight is 397 g/mol. The second-order valence-corrected chi connectivity index (χ2v) is 7.09. The van der Waals surface area contributed by atoms with Crippen LogP contribution in [0.15, 0.2) is 97.3 Å². The zero-order valence-electron chi connectivity index (χ0n) is 16.8. The highest BCUT2D eigenvalue weighted by Gasteiger charge is 2.13. The van der Waals surface area contributed by atoms with Gasteiger partial charge in [0.25, 0.3) is 5.91 Å². The van der Waals surface area contributed by atoms with Crippen molar-refractivity contribution in [1.29, 1.82) is 0 Å². The summed E-state index contributed by atoms with van der Waals surface area (Å²) in [6, 6.07) is 27.2. The van der Waals surface area contributed by atoms with E-state index in [4.69, 9.17) is 4.74 Å². The van der Waals surface area contributed by atoms with E-state index in [9.17, 15) is 4.79 Å². The molecule has 0 aliphatic rings. The molecule has 1 amide bonds. The van der Waals surface area contributed by atoms with Crippen molar-refractivity contribution in [3.63, 3.8) is 0 Å². The molecule has 0 bridgehead atoms. The minimum Gasteiger partial charge on any atom is -0.489 e. The van der Waals surface area contributed by atoms with Crippen molar-refractivity contribution in [3.8, 4) is 11.4 Å². The largest absolute Gasteiger partial charge is 0.489 e. The Morgan fingerprint density at radius 1 is 0.900 bits per heavy atom. The van der Waals surface area contributed by atoms with Crippen LogP contribution >= 0.6 is 0 Å². The van der Waals surface area contributed by atoms with Crippen molar-refractivity contribution in [2.75, 3.05) is 7.05 Å². The van der Waals surface area contributed by atoms with Gasteiger partial charge in [-0.15, -0.1) is 0 Å². The summed E-state index contributed by atoms with van der Waals surface area (Å²) in [5.41, 5.74) is 3.69. The van der Waals surface area contributed by atoms with E-state index in [1.165, 1.54) is 0 Å². The van der Waals surface area contributed by atoms with Gasteiger partial charge in [0.2, 0.25) is 0 Å². The van der Waals surface area contributed by atoms with Crippen LogP contribution < -0.4 is 4.74 Å². The number of ether oxygens (including phenoxy) is 1. The molecule has 0 saturated carbocycles. The van der Waals surface area contributed by atoms with Crippen LogP contribution in [-0.4, -0.2) is 27.6 Å². The Morgan fingerprint density at radius 2 is 1.57 bits per heavy atom. The molecule has 4 rings (SSSR count). The van der Waals surface area contributed by atoms with Gasteiger partial charge in [-0.3, -0.25) is 4.79 Å². The summed E-state index contributed by atoms with van der Waals surface area (Å²) in [6.45, 7) is 0.983. The maximum absolute atomic E-state index is 12.8. The number of rotatable bonds is 7. The molecule has 0 fully saturated rings. The summed E-state index contributed by atoms with van der Waals surface area (Å²) in [6.07, 6.45) is 3.73. The maximum Gasteiger partial charge on any atom is 0.253 e. The third-order valence-corrected chi connectivity index (χ3v) is 4.77. The molecule has 3 aromatic carbocycles. The number of hydrogen-bond donors (Lipinski definition) is 0. The number of carbonyl (C=O) groups is 1. The lowest BCUT2D eigenvalue weighted by Crippen LogP contribution is -2.25. The first-order valence-corrected chi connectivity index (χ1v) is 9.80. The monoisotopic (exact) mass is 397 g/mol. The van der Waals surface area contributed by atoms with Crippen LogP contribution in [-0.2, 0) is 13.2 Å². The third-order valence-electron chi connectivity index (χ3n) is 4.77. The van der Waals surface area contributed by atoms with Crippen LogP contribution in [0.3, 0.4) is 0 Å². The fraction of sp³-hybridized carbons (Fsp3) is 0.120. The molecular weight excluding hydrogens is 374 g/mol. The molecule has 5 nitrogen and oxygen atoms in total. The lowest BCUT2D eigenvalue weighted by atomic mass is 10.2. The summed E-state index contributed by atoms with van der Waals surface area (Å²) < 4.78 is 7.60. The van der Waals surface area contributed by atoms with E-state index in [1.54, 1.807) is 30.3 Å². The van der Waals surface area contributed by atoms with Crippen LogP contribution in [0, 0.1) is 0 Å². The van der Waals surface area contributed by atoms with Gasteiger partial charge in [0.05, 0.1) is 11.9 Å². The Hall–Kier alpha value is -3.86. The number of carbonyl (C=O) groups excluding carboxylic acids is 1. The number of amides is 1. The Morgan fingerprint density at radius 3 is 2.27 bits per heavy atom. The number of nitrogens with zero attached hydrogens (tertiary/aromatic N) is 3. The van der Waals surface area contributed by atoms with E-state index in [0.29, 0.717) is 18.7 Å². The van der Waals surface area contributed by atoms with Crippen molar-refractivity contribution < 1.29 is 9.53 Å². The quantitative estimate of drug-likeness (QED) is 0.453. The Bertz CT molecular complexity index is 1090. The van der Waals surface area contributed by atoms with Gasteiger partial charge in [0, 0.05) is 30.9 Å². The van der Waals surface area contributed by atoms with Gasteiger partial charge in [0.1, 0.15) is 12.4 Å². The molecule has 0 atom stereocenters. The fourth-order valence-corrected chi connectivity index (χ4v) is 3.16. The van der Waals surface area contributed by atoms with Crippen molar-refractivity contribution in [2.45, 2.75) is 13.2 Å². The van der Waals surface area contributed by atoms with Crippen molar-refractivity contribution in [1.82, 2.24) is 14.7 Å². The van der Waals surface area contributed by atoms with Crippen LogP contribution in [0.4, 0.5) is 0 Å². The van der Waals surface area contributed by atoms with E-state index < -0.39 is 0 Å². The van der Waals surface area contributed by atoms with Crippen LogP contribution in [0.1, 0.15) is 21.5 Å². The molecule has 0 N–H and O–H groups in total. The molecule has 0 spiro atoms. The number of benzene rings is 3. The van der Waals surface area contributed by atoms with Crippen LogP contribution in [0.5, 0.6) is 5.75 Å². The number of aromatic nitrogens is 2.